The number of fused-ring (bicyclic) bond motifs is 1. The van der Waals surface area contributed by atoms with Gasteiger partial charge in [0.15, 0.2) is 0 Å². The molecule has 17 heavy (non-hydrogen) atoms. The fourth-order valence-corrected chi connectivity index (χ4v) is 1.66. The summed E-state index contributed by atoms with van der Waals surface area (Å²) in [6.07, 6.45) is 2.96. The van der Waals surface area contributed by atoms with E-state index in [1.807, 2.05) is 24.3 Å². The maximum absolute atomic E-state index is 10.9. The van der Waals surface area contributed by atoms with Crippen molar-refractivity contribution in [3.8, 4) is 0 Å². The summed E-state index contributed by atoms with van der Waals surface area (Å²) in [4.78, 5) is 18.6. The second-order valence-electron chi connectivity index (χ2n) is 3.80. The fraction of sp³-hybridized carbons (Fsp3) is 0.231. The van der Waals surface area contributed by atoms with Gasteiger partial charge in [-0.2, -0.15) is 0 Å². The first-order chi connectivity index (χ1) is 8.29. The van der Waals surface area contributed by atoms with Crippen LogP contribution in [0.3, 0.4) is 0 Å². The Morgan fingerprint density at radius 1 is 1.47 bits per heavy atom. The molecule has 4 nitrogen and oxygen atoms in total. The highest BCUT2D eigenvalue weighted by Crippen LogP contribution is 2.10. The van der Waals surface area contributed by atoms with E-state index in [0.29, 0.717) is 6.54 Å². The van der Waals surface area contributed by atoms with E-state index >= 15 is 0 Å². The molecule has 88 valence electrons. The van der Waals surface area contributed by atoms with Gasteiger partial charge in [0.05, 0.1) is 11.0 Å². The molecule has 1 aromatic carbocycles. The Morgan fingerprint density at radius 3 is 3.06 bits per heavy atom. The molecule has 2 rings (SSSR count). The van der Waals surface area contributed by atoms with Gasteiger partial charge in [-0.25, -0.2) is 4.98 Å². The number of aromatic nitrogens is 2. The molecule has 0 aliphatic heterocycles. The quantitative estimate of drug-likeness (QED) is 0.606. The Balaban J connectivity index is 1.87. The number of amides is 1. The van der Waals surface area contributed by atoms with E-state index in [-0.39, 0.29) is 5.91 Å². The Labute approximate surface area is 99.8 Å². The van der Waals surface area contributed by atoms with Crippen LogP contribution in [0.15, 0.2) is 36.9 Å². The third-order valence-corrected chi connectivity index (χ3v) is 2.51. The molecule has 0 spiro atoms. The summed E-state index contributed by atoms with van der Waals surface area (Å²) in [5, 5.41) is 2.74. The minimum absolute atomic E-state index is 0.130. The number of carbonyl (C=O) groups is 1. The number of carbonyl (C=O) groups excluding carboxylic acids is 1. The van der Waals surface area contributed by atoms with Crippen LogP contribution >= 0.6 is 0 Å². The Bertz CT molecular complexity index is 497. The predicted octanol–water partition coefficient (Wildman–Crippen LogP) is 1.80. The number of H-pyrrole nitrogens is 1. The van der Waals surface area contributed by atoms with Crippen molar-refractivity contribution in [1.29, 1.82) is 0 Å². The van der Waals surface area contributed by atoms with Gasteiger partial charge in [-0.3, -0.25) is 4.79 Å². The molecule has 4 heteroatoms. The first-order valence-corrected chi connectivity index (χ1v) is 5.63. The zero-order valence-corrected chi connectivity index (χ0v) is 9.57. The van der Waals surface area contributed by atoms with Gasteiger partial charge in [-0.1, -0.05) is 18.7 Å². The van der Waals surface area contributed by atoms with Crippen LogP contribution in [-0.4, -0.2) is 22.4 Å². The highest BCUT2D eigenvalue weighted by atomic mass is 16.1. The fourth-order valence-electron chi connectivity index (χ4n) is 1.66. The average molecular weight is 229 g/mol. The number of aromatic amines is 1. The lowest BCUT2D eigenvalue weighted by atomic mass is 10.3. The van der Waals surface area contributed by atoms with Crippen LogP contribution in [0.5, 0.6) is 0 Å². The molecule has 2 N–H and O–H groups in total. The summed E-state index contributed by atoms with van der Waals surface area (Å²) in [6, 6.07) is 7.94. The van der Waals surface area contributed by atoms with Crippen LogP contribution in [0.1, 0.15) is 12.2 Å². The highest BCUT2D eigenvalue weighted by molar-refractivity contribution is 5.86. The standard InChI is InChI=1S/C13H15N3O/c1-2-13(17)14-9-5-8-12-15-10-6-3-4-7-11(10)16-12/h2-4,6-7H,1,5,8-9H2,(H,14,17)(H,15,16). The molecule has 0 fully saturated rings. The van der Waals surface area contributed by atoms with E-state index in [2.05, 4.69) is 21.9 Å². The zero-order valence-electron chi connectivity index (χ0n) is 9.57. The molecule has 1 amide bonds. The van der Waals surface area contributed by atoms with Crippen molar-refractivity contribution in [2.24, 2.45) is 0 Å². The number of nitrogens with one attached hydrogen (secondary N) is 2. The molecule has 0 bridgehead atoms. The van der Waals surface area contributed by atoms with Gasteiger partial charge < -0.3 is 10.3 Å². The number of nitrogens with zero attached hydrogens (tertiary/aromatic N) is 1. The van der Waals surface area contributed by atoms with Gasteiger partial charge in [0.1, 0.15) is 5.82 Å². The van der Waals surface area contributed by atoms with Crippen molar-refractivity contribution in [3.63, 3.8) is 0 Å². The molecular formula is C13H15N3O. The maximum Gasteiger partial charge on any atom is 0.243 e. The highest BCUT2D eigenvalue weighted by Gasteiger charge is 2.01. The first-order valence-electron chi connectivity index (χ1n) is 5.63. The van der Waals surface area contributed by atoms with Gasteiger partial charge in [0.25, 0.3) is 0 Å². The number of rotatable bonds is 5. The van der Waals surface area contributed by atoms with Crippen LogP contribution in [-0.2, 0) is 11.2 Å². The average Bonchev–Trinajstić information content (AvgIpc) is 2.76. The number of imidazole rings is 1. The van der Waals surface area contributed by atoms with Crippen LogP contribution in [0.25, 0.3) is 11.0 Å². The van der Waals surface area contributed by atoms with Gasteiger partial charge in [-0.05, 0) is 24.6 Å². The van der Waals surface area contributed by atoms with Crippen molar-refractivity contribution < 1.29 is 4.79 Å². The molecule has 1 aromatic heterocycles. The lowest BCUT2D eigenvalue weighted by Gasteiger charge is -1.99. The van der Waals surface area contributed by atoms with Gasteiger partial charge in [0, 0.05) is 13.0 Å². The minimum atomic E-state index is -0.130. The molecule has 0 atom stereocenters. The van der Waals surface area contributed by atoms with Gasteiger partial charge in [-0.15, -0.1) is 0 Å². The monoisotopic (exact) mass is 229 g/mol. The van der Waals surface area contributed by atoms with Gasteiger partial charge in [0.2, 0.25) is 5.91 Å². The molecule has 0 saturated heterocycles. The number of benzene rings is 1. The van der Waals surface area contributed by atoms with E-state index in [4.69, 9.17) is 0 Å². The van der Waals surface area contributed by atoms with Crippen LogP contribution in [0, 0.1) is 0 Å². The van der Waals surface area contributed by atoms with Crippen molar-refractivity contribution >= 4 is 16.9 Å². The molecule has 0 aliphatic carbocycles. The van der Waals surface area contributed by atoms with E-state index in [1.165, 1.54) is 6.08 Å². The number of hydrogen-bond donors (Lipinski definition) is 2. The Hall–Kier alpha value is -2.10. The van der Waals surface area contributed by atoms with Gasteiger partial charge >= 0.3 is 0 Å². The smallest absolute Gasteiger partial charge is 0.243 e. The summed E-state index contributed by atoms with van der Waals surface area (Å²) < 4.78 is 0. The second-order valence-corrected chi connectivity index (χ2v) is 3.80. The van der Waals surface area contributed by atoms with Crippen molar-refractivity contribution in [2.75, 3.05) is 6.54 Å². The van der Waals surface area contributed by atoms with E-state index in [0.717, 1.165) is 29.7 Å². The lowest BCUT2D eigenvalue weighted by molar-refractivity contribution is -0.116. The third kappa shape index (κ3) is 2.93. The molecule has 0 radical (unpaired) electrons. The molecule has 0 saturated carbocycles. The number of para-hydroxylation sites is 2. The molecule has 1 heterocycles. The Kier molecular flexibility index (Phi) is 3.55. The third-order valence-electron chi connectivity index (χ3n) is 2.51. The summed E-state index contributed by atoms with van der Waals surface area (Å²) >= 11 is 0. The van der Waals surface area contributed by atoms with Crippen LogP contribution < -0.4 is 5.32 Å². The molecule has 0 aliphatic rings. The largest absolute Gasteiger partial charge is 0.353 e. The van der Waals surface area contributed by atoms with E-state index < -0.39 is 0 Å². The summed E-state index contributed by atoms with van der Waals surface area (Å²) in [7, 11) is 0. The van der Waals surface area contributed by atoms with E-state index in [9.17, 15) is 4.79 Å². The normalized spacial score (nSPS) is 10.4. The SMILES string of the molecule is C=CC(=O)NCCCc1nc2ccccc2[nH]1. The molecule has 2 aromatic rings. The summed E-state index contributed by atoms with van der Waals surface area (Å²) in [5.74, 6) is 0.827. The van der Waals surface area contributed by atoms with Crippen molar-refractivity contribution in [3.05, 3.63) is 42.7 Å². The molecule has 0 unspecified atom stereocenters. The maximum atomic E-state index is 10.9. The van der Waals surface area contributed by atoms with Crippen LogP contribution in [0.4, 0.5) is 0 Å². The number of aryl methyl sites for hydroxylation is 1. The summed E-state index contributed by atoms with van der Waals surface area (Å²) in [5.41, 5.74) is 2.04. The Morgan fingerprint density at radius 2 is 2.29 bits per heavy atom. The van der Waals surface area contributed by atoms with Crippen LogP contribution in [0.2, 0.25) is 0 Å². The van der Waals surface area contributed by atoms with Crippen molar-refractivity contribution in [2.45, 2.75) is 12.8 Å². The van der Waals surface area contributed by atoms with E-state index in [1.54, 1.807) is 0 Å². The second kappa shape index (κ2) is 5.30. The zero-order chi connectivity index (χ0) is 12.1. The minimum Gasteiger partial charge on any atom is -0.353 e. The lowest BCUT2D eigenvalue weighted by Crippen LogP contribution is -2.22. The van der Waals surface area contributed by atoms with Crippen molar-refractivity contribution in [1.82, 2.24) is 15.3 Å². The topological polar surface area (TPSA) is 57.8 Å². The first kappa shape index (κ1) is 11.4. The number of hydrogen-bond acceptors (Lipinski definition) is 2. The summed E-state index contributed by atoms with van der Waals surface area (Å²) in [6.45, 7) is 4.04. The predicted molar refractivity (Wildman–Crippen MR) is 67.6 cm³/mol. The molecular weight excluding hydrogens is 214 g/mol.